The van der Waals surface area contributed by atoms with Crippen LogP contribution in [-0.4, -0.2) is 34.2 Å². The van der Waals surface area contributed by atoms with Crippen LogP contribution in [-0.2, 0) is 28.9 Å². The Morgan fingerprint density at radius 3 is 2.46 bits per heavy atom. The maximum absolute atomic E-state index is 13.2. The highest BCUT2D eigenvalue weighted by Gasteiger charge is 2.38. The first kappa shape index (κ1) is 18.4. The summed E-state index contributed by atoms with van der Waals surface area (Å²) in [4.78, 5) is 13.5. The highest BCUT2D eigenvalue weighted by Crippen LogP contribution is 2.33. The summed E-state index contributed by atoms with van der Waals surface area (Å²) in [7, 11) is 1.43. The lowest BCUT2D eigenvalue weighted by Crippen LogP contribution is -2.23. The van der Waals surface area contributed by atoms with E-state index < -0.39 is 11.9 Å². The Morgan fingerprint density at radius 2 is 1.92 bits per heavy atom. The van der Waals surface area contributed by atoms with E-state index in [1.54, 1.807) is 17.0 Å². The summed E-state index contributed by atoms with van der Waals surface area (Å²) in [5.74, 6) is 0.133. The molecule has 3 rings (SSSR count). The Balaban J connectivity index is 1.89. The molecular weight excluding hydrogens is 347 g/mol. The van der Waals surface area contributed by atoms with E-state index in [0.29, 0.717) is 24.3 Å². The topological polar surface area (TPSA) is 47.4 Å². The van der Waals surface area contributed by atoms with Crippen molar-refractivity contribution in [3.63, 3.8) is 0 Å². The van der Waals surface area contributed by atoms with Crippen molar-refractivity contribution in [2.45, 2.75) is 39.1 Å². The first-order valence-electron chi connectivity index (χ1n) is 8.33. The van der Waals surface area contributed by atoms with Crippen LogP contribution in [0, 0.1) is 6.92 Å². The number of alkyl halides is 3. The molecule has 1 aliphatic rings. The van der Waals surface area contributed by atoms with Crippen molar-refractivity contribution in [2.75, 3.05) is 13.7 Å². The number of amides is 1. The third-order valence-electron chi connectivity index (χ3n) is 4.52. The number of ether oxygens (including phenoxy) is 1. The van der Waals surface area contributed by atoms with Gasteiger partial charge in [0.1, 0.15) is 0 Å². The number of halogens is 3. The van der Waals surface area contributed by atoms with E-state index in [2.05, 4.69) is 5.10 Å². The summed E-state index contributed by atoms with van der Waals surface area (Å²) in [6.07, 6.45) is -3.08. The Morgan fingerprint density at radius 1 is 1.23 bits per heavy atom. The molecule has 1 aromatic heterocycles. The fraction of sp³-hybridized carbons (Fsp3) is 0.444. The lowest BCUT2D eigenvalue weighted by Gasteiger charge is -2.16. The minimum atomic E-state index is -4.52. The molecule has 0 bridgehead atoms. The van der Waals surface area contributed by atoms with Gasteiger partial charge in [0, 0.05) is 32.2 Å². The zero-order valence-electron chi connectivity index (χ0n) is 14.6. The number of nitrogens with zero attached hydrogens (tertiary/aromatic N) is 3. The lowest BCUT2D eigenvalue weighted by atomic mass is 10.1. The molecule has 26 heavy (non-hydrogen) atoms. The van der Waals surface area contributed by atoms with Gasteiger partial charge < -0.3 is 9.64 Å². The van der Waals surface area contributed by atoms with Crippen LogP contribution in [0.5, 0.6) is 0 Å². The van der Waals surface area contributed by atoms with Crippen molar-refractivity contribution in [3.05, 3.63) is 46.8 Å². The Labute approximate surface area is 149 Å². The number of likely N-dealkylation sites (tertiary alicyclic amines) is 1. The van der Waals surface area contributed by atoms with E-state index in [4.69, 9.17) is 4.74 Å². The van der Waals surface area contributed by atoms with E-state index >= 15 is 0 Å². The van der Waals surface area contributed by atoms with Gasteiger partial charge in [-0.05, 0) is 31.0 Å². The smallest absolute Gasteiger partial charge is 0.378 e. The van der Waals surface area contributed by atoms with Crippen molar-refractivity contribution < 1.29 is 22.7 Å². The predicted octanol–water partition coefficient (Wildman–Crippen LogP) is 3.47. The summed E-state index contributed by atoms with van der Waals surface area (Å²) in [5, 5.41) is 3.76. The van der Waals surface area contributed by atoms with Gasteiger partial charge in [0.05, 0.1) is 18.0 Å². The molecule has 0 atom stereocenters. The highest BCUT2D eigenvalue weighted by molar-refractivity contribution is 5.78. The lowest BCUT2D eigenvalue weighted by molar-refractivity contribution is -0.141. The van der Waals surface area contributed by atoms with E-state index in [-0.39, 0.29) is 18.1 Å². The van der Waals surface area contributed by atoms with Crippen LogP contribution < -0.4 is 0 Å². The molecule has 1 saturated heterocycles. The second-order valence-electron chi connectivity index (χ2n) is 6.35. The number of carbonyl (C=O) groups excluding carboxylic acids is 1. The van der Waals surface area contributed by atoms with Gasteiger partial charge in [-0.3, -0.25) is 4.79 Å². The van der Waals surface area contributed by atoms with Crippen LogP contribution in [0.15, 0.2) is 24.3 Å². The van der Waals surface area contributed by atoms with Gasteiger partial charge in [-0.25, -0.2) is 4.68 Å². The van der Waals surface area contributed by atoms with Gasteiger partial charge in [0.25, 0.3) is 0 Å². The summed E-state index contributed by atoms with van der Waals surface area (Å²) in [5.41, 5.74) is 0.967. The molecule has 1 amide bonds. The number of rotatable bonds is 5. The molecule has 2 aromatic rings. The number of methoxy groups -OCH3 is 1. The molecule has 1 aromatic carbocycles. The van der Waals surface area contributed by atoms with Crippen molar-refractivity contribution in [3.8, 4) is 5.69 Å². The maximum Gasteiger partial charge on any atom is 0.435 e. The second kappa shape index (κ2) is 7.11. The monoisotopic (exact) mass is 367 g/mol. The molecule has 0 N–H and O–H groups in total. The number of hydrogen-bond donors (Lipinski definition) is 0. The molecule has 0 saturated carbocycles. The molecule has 0 unspecified atom stereocenters. The fourth-order valence-corrected chi connectivity index (χ4v) is 3.15. The van der Waals surface area contributed by atoms with Crippen molar-refractivity contribution >= 4 is 5.91 Å². The number of aromatic nitrogens is 2. The molecular formula is C18H20F3N3O2. The maximum atomic E-state index is 13.2. The van der Waals surface area contributed by atoms with Crippen molar-refractivity contribution in [1.29, 1.82) is 0 Å². The van der Waals surface area contributed by atoms with Crippen molar-refractivity contribution in [2.24, 2.45) is 0 Å². The minimum Gasteiger partial charge on any atom is -0.378 e. The number of benzene rings is 1. The van der Waals surface area contributed by atoms with Crippen LogP contribution in [0.25, 0.3) is 5.69 Å². The van der Waals surface area contributed by atoms with Gasteiger partial charge in [0.15, 0.2) is 5.69 Å². The second-order valence-corrected chi connectivity index (χ2v) is 6.35. The van der Waals surface area contributed by atoms with Crippen LogP contribution in [0.1, 0.15) is 35.4 Å². The third-order valence-corrected chi connectivity index (χ3v) is 4.52. The summed E-state index contributed by atoms with van der Waals surface area (Å²) in [6.45, 7) is 2.68. The largest absolute Gasteiger partial charge is 0.435 e. The van der Waals surface area contributed by atoms with Crippen LogP contribution in [0.3, 0.4) is 0 Å². The van der Waals surface area contributed by atoms with E-state index in [1.807, 2.05) is 12.1 Å². The van der Waals surface area contributed by atoms with Crippen LogP contribution in [0.4, 0.5) is 13.2 Å². The number of hydrogen-bond acceptors (Lipinski definition) is 3. The molecule has 8 heteroatoms. The Hall–Kier alpha value is -2.35. The molecule has 5 nitrogen and oxygen atoms in total. The van der Waals surface area contributed by atoms with Gasteiger partial charge in [-0.2, -0.15) is 18.3 Å². The molecule has 140 valence electrons. The molecule has 2 heterocycles. The summed E-state index contributed by atoms with van der Waals surface area (Å²) < 4.78 is 45.8. The van der Waals surface area contributed by atoms with Gasteiger partial charge in [-0.15, -0.1) is 0 Å². The molecule has 0 aliphatic carbocycles. The van der Waals surface area contributed by atoms with Crippen molar-refractivity contribution in [1.82, 2.24) is 14.7 Å². The Bertz CT molecular complexity index is 797. The molecule has 1 aliphatic heterocycles. The highest BCUT2D eigenvalue weighted by atomic mass is 19.4. The predicted molar refractivity (Wildman–Crippen MR) is 88.7 cm³/mol. The average molecular weight is 367 g/mol. The summed E-state index contributed by atoms with van der Waals surface area (Å²) >= 11 is 0. The normalized spacial score (nSPS) is 15.1. The zero-order chi connectivity index (χ0) is 18.9. The SMILES string of the molecule is COCc1c(C)c(C(F)(F)F)nn1-c1ccc(CN2CCCC2=O)cc1. The van der Waals surface area contributed by atoms with E-state index in [0.717, 1.165) is 18.5 Å². The molecule has 1 fully saturated rings. The quantitative estimate of drug-likeness (QED) is 0.813. The first-order valence-corrected chi connectivity index (χ1v) is 8.33. The molecule has 0 radical (unpaired) electrons. The van der Waals surface area contributed by atoms with Gasteiger partial charge in [-0.1, -0.05) is 12.1 Å². The first-order chi connectivity index (χ1) is 12.3. The Kier molecular flexibility index (Phi) is 5.04. The minimum absolute atomic E-state index is 0.0267. The average Bonchev–Trinajstić information content (AvgIpc) is 3.13. The van der Waals surface area contributed by atoms with Crippen LogP contribution in [0.2, 0.25) is 0 Å². The number of carbonyl (C=O) groups is 1. The van der Waals surface area contributed by atoms with Crippen LogP contribution >= 0.6 is 0 Å². The fourth-order valence-electron chi connectivity index (χ4n) is 3.15. The third kappa shape index (κ3) is 3.60. The summed E-state index contributed by atoms with van der Waals surface area (Å²) in [6, 6.07) is 7.03. The van der Waals surface area contributed by atoms with E-state index in [1.165, 1.54) is 18.7 Å². The van der Waals surface area contributed by atoms with Gasteiger partial charge in [0.2, 0.25) is 5.91 Å². The molecule has 0 spiro atoms. The van der Waals surface area contributed by atoms with E-state index in [9.17, 15) is 18.0 Å². The standard InChI is InChI=1S/C18H20F3N3O2/c1-12-15(11-26-2)24(22-17(12)18(19,20)21)14-7-5-13(6-8-14)10-23-9-3-4-16(23)25/h5-8H,3-4,9-11H2,1-2H3. The van der Waals surface area contributed by atoms with Gasteiger partial charge >= 0.3 is 6.18 Å². The zero-order valence-corrected chi connectivity index (χ0v) is 14.6.